The zero-order valence-electron chi connectivity index (χ0n) is 5.99. The van der Waals surface area contributed by atoms with Crippen molar-refractivity contribution in [1.82, 2.24) is 5.32 Å². The molecule has 0 radical (unpaired) electrons. The lowest BCUT2D eigenvalue weighted by Gasteiger charge is -2.12. The van der Waals surface area contributed by atoms with E-state index in [0.717, 1.165) is 0 Å². The molecule has 0 heterocycles. The van der Waals surface area contributed by atoms with Crippen molar-refractivity contribution in [3.05, 3.63) is 0 Å². The SMILES string of the molecule is CNC(=O)CC(C)(C)Cl. The van der Waals surface area contributed by atoms with E-state index in [1.165, 1.54) is 0 Å². The van der Waals surface area contributed by atoms with E-state index < -0.39 is 4.87 Å². The van der Waals surface area contributed by atoms with Crippen molar-refractivity contribution < 1.29 is 4.79 Å². The second-order valence-corrected chi connectivity index (χ2v) is 3.59. The Labute approximate surface area is 60.6 Å². The van der Waals surface area contributed by atoms with Gasteiger partial charge in [-0.05, 0) is 13.8 Å². The molecule has 0 saturated carbocycles. The lowest BCUT2D eigenvalue weighted by atomic mass is 10.1. The first-order valence-electron chi connectivity index (χ1n) is 2.85. The Morgan fingerprint density at radius 2 is 2.11 bits per heavy atom. The van der Waals surface area contributed by atoms with Crippen LogP contribution in [-0.4, -0.2) is 17.8 Å². The van der Waals surface area contributed by atoms with Crippen molar-refractivity contribution in [2.45, 2.75) is 25.1 Å². The van der Waals surface area contributed by atoms with Crippen LogP contribution in [0.5, 0.6) is 0 Å². The van der Waals surface area contributed by atoms with Crippen LogP contribution in [0.2, 0.25) is 0 Å². The third-order valence-corrected chi connectivity index (χ3v) is 0.993. The Bertz CT molecular complexity index is 106. The van der Waals surface area contributed by atoms with Gasteiger partial charge in [-0.25, -0.2) is 0 Å². The predicted molar refractivity (Wildman–Crippen MR) is 38.6 cm³/mol. The second kappa shape index (κ2) is 3.06. The summed E-state index contributed by atoms with van der Waals surface area (Å²) in [6.45, 7) is 3.62. The number of carbonyl (C=O) groups is 1. The summed E-state index contributed by atoms with van der Waals surface area (Å²) >= 11 is 5.75. The van der Waals surface area contributed by atoms with Gasteiger partial charge in [-0.1, -0.05) is 0 Å². The minimum absolute atomic E-state index is 0.0185. The summed E-state index contributed by atoms with van der Waals surface area (Å²) in [5, 5.41) is 2.50. The molecule has 0 aliphatic carbocycles. The van der Waals surface area contributed by atoms with Crippen LogP contribution >= 0.6 is 11.6 Å². The van der Waals surface area contributed by atoms with E-state index in [-0.39, 0.29) is 5.91 Å². The Balaban J connectivity index is 3.60. The number of nitrogens with one attached hydrogen (secondary N) is 1. The maximum Gasteiger partial charge on any atom is 0.221 e. The monoisotopic (exact) mass is 149 g/mol. The average molecular weight is 150 g/mol. The molecule has 0 aliphatic rings. The fraction of sp³-hybridized carbons (Fsp3) is 0.833. The standard InChI is InChI=1S/C6H12ClNO/c1-6(2,7)4-5(9)8-3/h4H2,1-3H3,(H,8,9). The zero-order chi connectivity index (χ0) is 7.49. The van der Waals surface area contributed by atoms with Crippen molar-refractivity contribution >= 4 is 17.5 Å². The van der Waals surface area contributed by atoms with E-state index in [9.17, 15) is 4.79 Å². The maximum absolute atomic E-state index is 10.6. The van der Waals surface area contributed by atoms with Crippen molar-refractivity contribution in [1.29, 1.82) is 0 Å². The molecule has 0 aromatic heterocycles. The molecule has 1 N–H and O–H groups in total. The summed E-state index contributed by atoms with van der Waals surface area (Å²) in [5.74, 6) is -0.0185. The van der Waals surface area contributed by atoms with Gasteiger partial charge < -0.3 is 5.32 Å². The van der Waals surface area contributed by atoms with Gasteiger partial charge in [-0.3, -0.25) is 4.79 Å². The molecule has 0 unspecified atom stereocenters. The second-order valence-electron chi connectivity index (χ2n) is 2.57. The molecule has 9 heavy (non-hydrogen) atoms. The van der Waals surface area contributed by atoms with E-state index in [2.05, 4.69) is 5.32 Å². The molecule has 0 rings (SSSR count). The van der Waals surface area contributed by atoms with Gasteiger partial charge in [0.2, 0.25) is 5.91 Å². The highest BCUT2D eigenvalue weighted by Gasteiger charge is 2.16. The molecule has 3 heteroatoms. The molecule has 1 amide bonds. The molecule has 2 nitrogen and oxygen atoms in total. The fourth-order valence-corrected chi connectivity index (χ4v) is 0.592. The first-order chi connectivity index (χ1) is 3.95. The van der Waals surface area contributed by atoms with E-state index in [4.69, 9.17) is 11.6 Å². The van der Waals surface area contributed by atoms with E-state index in [1.54, 1.807) is 7.05 Å². The van der Waals surface area contributed by atoms with Crippen molar-refractivity contribution in [2.75, 3.05) is 7.05 Å². The molecule has 0 saturated heterocycles. The van der Waals surface area contributed by atoms with Gasteiger partial charge in [0.25, 0.3) is 0 Å². The lowest BCUT2D eigenvalue weighted by molar-refractivity contribution is -0.121. The Hall–Kier alpha value is -0.240. The molecule has 0 bridgehead atoms. The number of hydrogen-bond acceptors (Lipinski definition) is 1. The molecule has 54 valence electrons. The van der Waals surface area contributed by atoms with Crippen LogP contribution in [0.15, 0.2) is 0 Å². The summed E-state index contributed by atoms with van der Waals surface area (Å²) in [7, 11) is 1.60. The third kappa shape index (κ3) is 5.63. The maximum atomic E-state index is 10.6. The highest BCUT2D eigenvalue weighted by molar-refractivity contribution is 6.24. The van der Waals surface area contributed by atoms with Crippen molar-refractivity contribution in [3.63, 3.8) is 0 Å². The third-order valence-electron chi connectivity index (χ3n) is 0.860. The molecule has 0 aromatic carbocycles. The van der Waals surface area contributed by atoms with Crippen molar-refractivity contribution in [3.8, 4) is 0 Å². The normalized spacial score (nSPS) is 11.1. The average Bonchev–Trinajstić information content (AvgIpc) is 1.62. The Morgan fingerprint density at radius 3 is 2.22 bits per heavy atom. The van der Waals surface area contributed by atoms with Gasteiger partial charge in [0.15, 0.2) is 0 Å². The van der Waals surface area contributed by atoms with Crippen molar-refractivity contribution in [2.24, 2.45) is 0 Å². The Morgan fingerprint density at radius 1 is 1.67 bits per heavy atom. The molecule has 0 spiro atoms. The number of carbonyl (C=O) groups excluding carboxylic acids is 1. The van der Waals surface area contributed by atoms with Gasteiger partial charge in [0, 0.05) is 18.3 Å². The summed E-state index contributed by atoms with van der Waals surface area (Å²) in [6, 6.07) is 0. The minimum atomic E-state index is -0.417. The summed E-state index contributed by atoms with van der Waals surface area (Å²) in [4.78, 5) is 10.2. The van der Waals surface area contributed by atoms with Crippen LogP contribution in [0, 0.1) is 0 Å². The molecule has 0 atom stereocenters. The first-order valence-corrected chi connectivity index (χ1v) is 3.23. The van der Waals surface area contributed by atoms with Crippen LogP contribution in [0.1, 0.15) is 20.3 Å². The molecular formula is C6H12ClNO. The summed E-state index contributed by atoms with van der Waals surface area (Å²) in [5.41, 5.74) is 0. The van der Waals surface area contributed by atoms with Gasteiger partial charge in [0.05, 0.1) is 0 Å². The van der Waals surface area contributed by atoms with Crippen LogP contribution in [0.25, 0.3) is 0 Å². The predicted octanol–water partition coefficient (Wildman–Crippen LogP) is 1.14. The highest BCUT2D eigenvalue weighted by Crippen LogP contribution is 2.16. The molecular weight excluding hydrogens is 138 g/mol. The van der Waals surface area contributed by atoms with Gasteiger partial charge in [-0.2, -0.15) is 0 Å². The fourth-order valence-electron chi connectivity index (χ4n) is 0.470. The van der Waals surface area contributed by atoms with Crippen LogP contribution in [0.3, 0.4) is 0 Å². The number of hydrogen-bond donors (Lipinski definition) is 1. The minimum Gasteiger partial charge on any atom is -0.359 e. The van der Waals surface area contributed by atoms with E-state index in [1.807, 2.05) is 13.8 Å². The van der Waals surface area contributed by atoms with E-state index >= 15 is 0 Å². The van der Waals surface area contributed by atoms with Gasteiger partial charge >= 0.3 is 0 Å². The summed E-state index contributed by atoms with van der Waals surface area (Å²) in [6.07, 6.45) is 0.366. The number of amides is 1. The van der Waals surface area contributed by atoms with Gasteiger partial charge in [0.1, 0.15) is 0 Å². The number of halogens is 1. The highest BCUT2D eigenvalue weighted by atomic mass is 35.5. The quantitative estimate of drug-likeness (QED) is 0.587. The molecule has 0 fully saturated rings. The lowest BCUT2D eigenvalue weighted by Crippen LogP contribution is -2.25. The van der Waals surface area contributed by atoms with Crippen LogP contribution in [-0.2, 0) is 4.79 Å². The Kier molecular flexibility index (Phi) is 2.98. The molecule has 0 aromatic rings. The smallest absolute Gasteiger partial charge is 0.221 e. The summed E-state index contributed by atoms with van der Waals surface area (Å²) < 4.78 is 0. The van der Waals surface area contributed by atoms with Crippen LogP contribution in [0.4, 0.5) is 0 Å². The zero-order valence-corrected chi connectivity index (χ0v) is 6.75. The van der Waals surface area contributed by atoms with Gasteiger partial charge in [-0.15, -0.1) is 11.6 Å². The topological polar surface area (TPSA) is 29.1 Å². The number of rotatable bonds is 2. The van der Waals surface area contributed by atoms with Crippen LogP contribution < -0.4 is 5.32 Å². The number of alkyl halides is 1. The first kappa shape index (κ1) is 8.76. The molecule has 0 aliphatic heterocycles. The largest absolute Gasteiger partial charge is 0.359 e. The van der Waals surface area contributed by atoms with E-state index in [0.29, 0.717) is 6.42 Å².